The number of anilines is 1. The van der Waals surface area contributed by atoms with E-state index >= 15 is 0 Å². The van der Waals surface area contributed by atoms with Crippen LogP contribution in [0.3, 0.4) is 0 Å². The summed E-state index contributed by atoms with van der Waals surface area (Å²) in [6.45, 7) is 5.79. The van der Waals surface area contributed by atoms with Crippen LogP contribution in [0.2, 0.25) is 0 Å². The predicted molar refractivity (Wildman–Crippen MR) is 97.3 cm³/mol. The normalized spacial score (nSPS) is 23.8. The topological polar surface area (TPSA) is 60.0 Å². The largest absolute Gasteiger partial charge is 0.368 e. The summed E-state index contributed by atoms with van der Waals surface area (Å²) in [4.78, 5) is 20.8. The lowest BCUT2D eigenvalue weighted by atomic mass is 10.2. The molecule has 1 aliphatic heterocycles. The number of benzene rings is 1. The molecule has 2 unspecified atom stereocenters. The van der Waals surface area contributed by atoms with Crippen LogP contribution < -0.4 is 15.5 Å². The number of guanidine groups is 1. The minimum atomic E-state index is 0.134. The van der Waals surface area contributed by atoms with Crippen molar-refractivity contribution >= 4 is 17.6 Å². The Labute approximate surface area is 143 Å². The smallest absolute Gasteiger partial charge is 0.242 e. The van der Waals surface area contributed by atoms with E-state index in [-0.39, 0.29) is 5.91 Å². The summed E-state index contributed by atoms with van der Waals surface area (Å²) in [7, 11) is 1.74. The molecule has 1 heterocycles. The lowest BCUT2D eigenvalue weighted by Crippen LogP contribution is -2.52. The third-order valence-electron chi connectivity index (χ3n) is 4.82. The average Bonchev–Trinajstić information content (AvgIpc) is 3.34. The van der Waals surface area contributed by atoms with Gasteiger partial charge in [-0.1, -0.05) is 25.1 Å². The molecule has 3 rings (SSSR count). The average molecular weight is 329 g/mol. The van der Waals surface area contributed by atoms with Gasteiger partial charge in [-0.2, -0.15) is 0 Å². The van der Waals surface area contributed by atoms with Crippen molar-refractivity contribution in [3.63, 3.8) is 0 Å². The molecule has 130 valence electrons. The van der Waals surface area contributed by atoms with Crippen molar-refractivity contribution in [1.29, 1.82) is 0 Å². The molecule has 0 spiro atoms. The number of carbonyl (C=O) groups excluding carboxylic acids is 1. The van der Waals surface area contributed by atoms with Gasteiger partial charge in [0.15, 0.2) is 5.96 Å². The number of aliphatic imine (C=N–C) groups is 1. The quantitative estimate of drug-likeness (QED) is 0.637. The van der Waals surface area contributed by atoms with E-state index < -0.39 is 0 Å². The molecule has 0 radical (unpaired) electrons. The van der Waals surface area contributed by atoms with Gasteiger partial charge >= 0.3 is 0 Å². The van der Waals surface area contributed by atoms with E-state index in [1.807, 2.05) is 11.0 Å². The first-order valence-corrected chi connectivity index (χ1v) is 8.72. The van der Waals surface area contributed by atoms with Crippen LogP contribution in [0.5, 0.6) is 0 Å². The Kier molecular flexibility index (Phi) is 5.23. The van der Waals surface area contributed by atoms with E-state index in [9.17, 15) is 4.79 Å². The molecule has 1 saturated carbocycles. The Morgan fingerprint density at radius 3 is 2.46 bits per heavy atom. The van der Waals surface area contributed by atoms with Crippen LogP contribution in [0.25, 0.3) is 0 Å². The molecule has 2 fully saturated rings. The lowest BCUT2D eigenvalue weighted by molar-refractivity contribution is -0.130. The van der Waals surface area contributed by atoms with Gasteiger partial charge in [0.25, 0.3) is 0 Å². The highest BCUT2D eigenvalue weighted by atomic mass is 16.2. The zero-order valence-corrected chi connectivity index (χ0v) is 14.5. The second-order valence-electron chi connectivity index (χ2n) is 6.59. The van der Waals surface area contributed by atoms with Gasteiger partial charge in [0, 0.05) is 45.0 Å². The van der Waals surface area contributed by atoms with Crippen molar-refractivity contribution < 1.29 is 4.79 Å². The fraction of sp³-hybridized carbons (Fsp3) is 0.556. The van der Waals surface area contributed by atoms with Crippen molar-refractivity contribution in [1.82, 2.24) is 15.5 Å². The number of amides is 1. The fourth-order valence-electron chi connectivity index (χ4n) is 3.02. The second-order valence-corrected chi connectivity index (χ2v) is 6.59. The van der Waals surface area contributed by atoms with Crippen LogP contribution in [0.4, 0.5) is 5.69 Å². The Balaban J connectivity index is 1.42. The van der Waals surface area contributed by atoms with Gasteiger partial charge in [-0.3, -0.25) is 9.79 Å². The van der Waals surface area contributed by atoms with E-state index in [2.05, 4.69) is 51.7 Å². The first-order valence-electron chi connectivity index (χ1n) is 8.72. The molecule has 1 saturated heterocycles. The number of hydrogen-bond acceptors (Lipinski definition) is 3. The van der Waals surface area contributed by atoms with E-state index in [4.69, 9.17) is 0 Å². The van der Waals surface area contributed by atoms with E-state index in [1.54, 1.807) is 7.05 Å². The summed E-state index contributed by atoms with van der Waals surface area (Å²) in [6.07, 6.45) is 1.18. The Bertz CT molecular complexity index is 580. The van der Waals surface area contributed by atoms with Crippen LogP contribution in [0.1, 0.15) is 13.3 Å². The van der Waals surface area contributed by atoms with Crippen molar-refractivity contribution in [2.75, 3.05) is 44.7 Å². The van der Waals surface area contributed by atoms with Crippen LogP contribution in [0.15, 0.2) is 35.3 Å². The molecule has 1 amide bonds. The van der Waals surface area contributed by atoms with Crippen molar-refractivity contribution in [2.24, 2.45) is 10.9 Å². The van der Waals surface area contributed by atoms with Gasteiger partial charge in [0.1, 0.15) is 0 Å². The summed E-state index contributed by atoms with van der Waals surface area (Å²) in [6, 6.07) is 10.9. The van der Waals surface area contributed by atoms with Crippen LogP contribution in [-0.4, -0.2) is 62.6 Å². The van der Waals surface area contributed by atoms with Gasteiger partial charge < -0.3 is 20.4 Å². The molecule has 1 aromatic carbocycles. The minimum absolute atomic E-state index is 0.134. The summed E-state index contributed by atoms with van der Waals surface area (Å²) in [5.74, 6) is 1.56. The van der Waals surface area contributed by atoms with Crippen LogP contribution >= 0.6 is 0 Å². The van der Waals surface area contributed by atoms with Crippen molar-refractivity contribution in [2.45, 2.75) is 19.4 Å². The SMILES string of the molecule is CN=C(NCC(=O)N1CCN(c2ccccc2)CC1)NC1CC1C. The maximum atomic E-state index is 12.4. The number of para-hydroxylation sites is 1. The Morgan fingerprint density at radius 2 is 1.88 bits per heavy atom. The number of piperazine rings is 1. The molecule has 2 N–H and O–H groups in total. The molecule has 6 nitrogen and oxygen atoms in total. The van der Waals surface area contributed by atoms with Gasteiger partial charge in [-0.25, -0.2) is 0 Å². The van der Waals surface area contributed by atoms with Crippen molar-refractivity contribution in [3.8, 4) is 0 Å². The lowest BCUT2D eigenvalue weighted by Gasteiger charge is -2.36. The highest BCUT2D eigenvalue weighted by molar-refractivity contribution is 5.86. The van der Waals surface area contributed by atoms with E-state index in [0.29, 0.717) is 18.5 Å². The molecule has 1 aliphatic carbocycles. The number of hydrogen-bond donors (Lipinski definition) is 2. The van der Waals surface area contributed by atoms with Crippen LogP contribution in [-0.2, 0) is 4.79 Å². The highest BCUT2D eigenvalue weighted by Gasteiger charge is 2.33. The van der Waals surface area contributed by atoms with Crippen molar-refractivity contribution in [3.05, 3.63) is 30.3 Å². The molecule has 24 heavy (non-hydrogen) atoms. The van der Waals surface area contributed by atoms with Gasteiger partial charge in [0.2, 0.25) is 5.91 Å². The molecular weight excluding hydrogens is 302 g/mol. The third-order valence-corrected chi connectivity index (χ3v) is 4.82. The number of carbonyl (C=O) groups is 1. The number of nitrogens with zero attached hydrogens (tertiary/aromatic N) is 3. The molecule has 2 atom stereocenters. The summed E-state index contributed by atoms with van der Waals surface area (Å²) in [5, 5.41) is 6.47. The standard InChI is InChI=1S/C18H27N5O/c1-14-12-16(14)21-18(19-2)20-13-17(24)23-10-8-22(9-11-23)15-6-4-3-5-7-15/h3-7,14,16H,8-13H2,1-2H3,(H2,19,20,21). The first-order chi connectivity index (χ1) is 11.7. The minimum Gasteiger partial charge on any atom is -0.368 e. The monoisotopic (exact) mass is 329 g/mol. The van der Waals surface area contributed by atoms with E-state index in [0.717, 1.165) is 32.1 Å². The molecule has 0 bridgehead atoms. The number of rotatable bonds is 4. The number of nitrogens with one attached hydrogen (secondary N) is 2. The molecule has 0 aromatic heterocycles. The summed E-state index contributed by atoms with van der Waals surface area (Å²) < 4.78 is 0. The third kappa shape index (κ3) is 4.19. The van der Waals surface area contributed by atoms with E-state index in [1.165, 1.54) is 12.1 Å². The highest BCUT2D eigenvalue weighted by Crippen LogP contribution is 2.28. The van der Waals surface area contributed by atoms with Crippen LogP contribution in [0, 0.1) is 5.92 Å². The summed E-state index contributed by atoms with van der Waals surface area (Å²) in [5.41, 5.74) is 1.23. The summed E-state index contributed by atoms with van der Waals surface area (Å²) >= 11 is 0. The zero-order valence-electron chi connectivity index (χ0n) is 14.5. The second kappa shape index (κ2) is 7.55. The van der Waals surface area contributed by atoms with Gasteiger partial charge in [0.05, 0.1) is 6.54 Å². The zero-order chi connectivity index (χ0) is 16.9. The Hall–Kier alpha value is -2.24. The maximum absolute atomic E-state index is 12.4. The van der Waals surface area contributed by atoms with Gasteiger partial charge in [-0.05, 0) is 24.5 Å². The molecule has 1 aromatic rings. The molecule has 6 heteroatoms. The van der Waals surface area contributed by atoms with Gasteiger partial charge in [-0.15, -0.1) is 0 Å². The molecular formula is C18H27N5O. The predicted octanol–water partition coefficient (Wildman–Crippen LogP) is 0.909. The maximum Gasteiger partial charge on any atom is 0.242 e. The Morgan fingerprint density at radius 1 is 1.21 bits per heavy atom. The fourth-order valence-corrected chi connectivity index (χ4v) is 3.02. The molecule has 2 aliphatic rings. The first kappa shape index (κ1) is 16.6.